The van der Waals surface area contributed by atoms with E-state index in [1.54, 1.807) is 7.05 Å². The van der Waals surface area contributed by atoms with Crippen LogP contribution < -0.4 is 10.6 Å². The van der Waals surface area contributed by atoms with Crippen molar-refractivity contribution in [2.24, 2.45) is 5.92 Å². The van der Waals surface area contributed by atoms with E-state index in [2.05, 4.69) is 29.7 Å². The summed E-state index contributed by atoms with van der Waals surface area (Å²) >= 11 is 0. The van der Waals surface area contributed by atoms with Gasteiger partial charge in [-0.05, 0) is 46.1 Å². The molecular formula is C24H39N3O4. The molecule has 2 amide bonds. The van der Waals surface area contributed by atoms with E-state index in [1.807, 2.05) is 45.9 Å². The molecule has 1 aromatic rings. The van der Waals surface area contributed by atoms with E-state index in [0.29, 0.717) is 26.3 Å². The first kappa shape index (κ1) is 25.1. The molecular weight excluding hydrogens is 394 g/mol. The normalized spacial score (nSPS) is 18.0. The molecule has 0 spiro atoms. The molecule has 1 aromatic carbocycles. The van der Waals surface area contributed by atoms with Gasteiger partial charge >= 0.3 is 6.09 Å². The van der Waals surface area contributed by atoms with E-state index in [1.165, 1.54) is 10.5 Å². The quantitative estimate of drug-likeness (QED) is 0.656. The molecule has 1 saturated heterocycles. The molecule has 7 nitrogen and oxygen atoms in total. The summed E-state index contributed by atoms with van der Waals surface area (Å²) < 4.78 is 10.9. The van der Waals surface area contributed by atoms with Crippen molar-refractivity contribution in [3.05, 3.63) is 35.9 Å². The molecule has 2 rings (SSSR count). The summed E-state index contributed by atoms with van der Waals surface area (Å²) in [6.45, 7) is 11.6. The third-order valence-corrected chi connectivity index (χ3v) is 5.57. The zero-order valence-corrected chi connectivity index (χ0v) is 19.9. The maximum Gasteiger partial charge on any atom is 0.410 e. The summed E-state index contributed by atoms with van der Waals surface area (Å²) in [5.41, 5.74) is 0.430. The SMILES string of the molecule is C[C@H](NC1(CNC(=O)[C@@H](C)CN(C)C(=O)OC(C)(C)C)CCOCC1)c1ccccc1. The van der Waals surface area contributed by atoms with E-state index in [0.717, 1.165) is 12.8 Å². The molecule has 174 valence electrons. The molecule has 0 saturated carbocycles. The highest BCUT2D eigenvalue weighted by Gasteiger charge is 2.35. The fraction of sp³-hybridized carbons (Fsp3) is 0.667. The van der Waals surface area contributed by atoms with Gasteiger partial charge in [0, 0.05) is 44.9 Å². The molecule has 7 heteroatoms. The van der Waals surface area contributed by atoms with Gasteiger partial charge in [-0.15, -0.1) is 0 Å². The average Bonchev–Trinajstić information content (AvgIpc) is 2.72. The maximum absolute atomic E-state index is 12.8. The van der Waals surface area contributed by atoms with Crippen molar-refractivity contribution in [2.45, 2.75) is 64.6 Å². The minimum Gasteiger partial charge on any atom is -0.444 e. The fourth-order valence-electron chi connectivity index (χ4n) is 3.76. The van der Waals surface area contributed by atoms with E-state index in [-0.39, 0.29) is 23.4 Å². The average molecular weight is 434 g/mol. The highest BCUT2D eigenvalue weighted by atomic mass is 16.6. The second kappa shape index (κ2) is 11.0. The Hall–Kier alpha value is -2.12. The number of nitrogens with one attached hydrogen (secondary N) is 2. The van der Waals surface area contributed by atoms with E-state index < -0.39 is 11.7 Å². The summed E-state index contributed by atoms with van der Waals surface area (Å²) in [5, 5.41) is 6.85. The van der Waals surface area contributed by atoms with Gasteiger partial charge in [-0.2, -0.15) is 0 Å². The second-order valence-corrected chi connectivity index (χ2v) is 9.65. The van der Waals surface area contributed by atoms with Crippen LogP contribution >= 0.6 is 0 Å². The summed E-state index contributed by atoms with van der Waals surface area (Å²) in [4.78, 5) is 26.4. The summed E-state index contributed by atoms with van der Waals surface area (Å²) in [6, 6.07) is 10.5. The highest BCUT2D eigenvalue weighted by molar-refractivity contribution is 5.79. The van der Waals surface area contributed by atoms with Crippen molar-refractivity contribution in [1.82, 2.24) is 15.5 Å². The monoisotopic (exact) mass is 433 g/mol. The third-order valence-electron chi connectivity index (χ3n) is 5.57. The molecule has 31 heavy (non-hydrogen) atoms. The number of benzene rings is 1. The Labute approximate surface area is 186 Å². The number of rotatable bonds is 8. The van der Waals surface area contributed by atoms with Crippen molar-refractivity contribution >= 4 is 12.0 Å². The van der Waals surface area contributed by atoms with Gasteiger partial charge in [0.1, 0.15) is 5.60 Å². The minimum atomic E-state index is -0.562. The first-order valence-electron chi connectivity index (χ1n) is 11.1. The van der Waals surface area contributed by atoms with Crippen molar-refractivity contribution in [2.75, 3.05) is 33.4 Å². The van der Waals surface area contributed by atoms with Crippen LogP contribution in [0.1, 0.15) is 59.1 Å². The number of amides is 2. The van der Waals surface area contributed by atoms with Gasteiger partial charge in [0.15, 0.2) is 0 Å². The fourth-order valence-corrected chi connectivity index (χ4v) is 3.76. The first-order valence-corrected chi connectivity index (χ1v) is 11.1. The number of hydrogen-bond donors (Lipinski definition) is 2. The van der Waals surface area contributed by atoms with Crippen molar-refractivity contribution in [3.8, 4) is 0 Å². The molecule has 1 fully saturated rings. The summed E-state index contributed by atoms with van der Waals surface area (Å²) in [7, 11) is 1.65. The number of carbonyl (C=O) groups is 2. The van der Waals surface area contributed by atoms with Gasteiger partial charge in [0.25, 0.3) is 0 Å². The van der Waals surface area contributed by atoms with Crippen LogP contribution in [0.3, 0.4) is 0 Å². The van der Waals surface area contributed by atoms with Gasteiger partial charge in [0.2, 0.25) is 5.91 Å². The predicted octanol–water partition coefficient (Wildman–Crippen LogP) is 3.51. The maximum atomic E-state index is 12.8. The van der Waals surface area contributed by atoms with Crippen LogP contribution in [0.15, 0.2) is 30.3 Å². The zero-order chi connectivity index (χ0) is 23.1. The molecule has 0 radical (unpaired) electrons. The van der Waals surface area contributed by atoms with E-state index >= 15 is 0 Å². The number of nitrogens with zero attached hydrogens (tertiary/aromatic N) is 1. The Morgan fingerprint density at radius 3 is 2.35 bits per heavy atom. The van der Waals surface area contributed by atoms with Crippen LogP contribution in [0.2, 0.25) is 0 Å². The van der Waals surface area contributed by atoms with Gasteiger partial charge < -0.3 is 25.0 Å². The summed E-state index contributed by atoms with van der Waals surface area (Å²) in [6.07, 6.45) is 1.24. The minimum absolute atomic E-state index is 0.0737. The number of carbonyl (C=O) groups excluding carboxylic acids is 2. The van der Waals surface area contributed by atoms with Crippen molar-refractivity contribution in [1.29, 1.82) is 0 Å². The topological polar surface area (TPSA) is 79.9 Å². The van der Waals surface area contributed by atoms with Crippen LogP contribution in [-0.4, -0.2) is 61.4 Å². The largest absolute Gasteiger partial charge is 0.444 e. The Bertz CT molecular complexity index is 711. The third kappa shape index (κ3) is 8.15. The summed E-state index contributed by atoms with van der Waals surface area (Å²) in [5.74, 6) is -0.420. The van der Waals surface area contributed by atoms with Crippen LogP contribution in [0, 0.1) is 5.92 Å². The molecule has 0 unspecified atom stereocenters. The van der Waals surface area contributed by atoms with E-state index in [4.69, 9.17) is 9.47 Å². The molecule has 1 aliphatic rings. The number of ether oxygens (including phenoxy) is 2. The van der Waals surface area contributed by atoms with Crippen LogP contribution in [-0.2, 0) is 14.3 Å². The standard InChI is InChI=1S/C24H39N3O4/c1-18(16-27(6)22(29)31-23(3,4)5)21(28)25-17-24(12-14-30-15-13-24)26-19(2)20-10-8-7-9-11-20/h7-11,18-19,26H,12-17H2,1-6H3,(H,25,28)/t18-,19-/m0/s1. The lowest BCUT2D eigenvalue weighted by atomic mass is 9.88. The molecule has 0 bridgehead atoms. The van der Waals surface area contributed by atoms with Crippen molar-refractivity contribution in [3.63, 3.8) is 0 Å². The van der Waals surface area contributed by atoms with Crippen molar-refractivity contribution < 1.29 is 19.1 Å². The Morgan fingerprint density at radius 1 is 1.16 bits per heavy atom. The van der Waals surface area contributed by atoms with Gasteiger partial charge in [-0.25, -0.2) is 4.79 Å². The lowest BCUT2D eigenvalue weighted by Gasteiger charge is -2.41. The van der Waals surface area contributed by atoms with Crippen LogP contribution in [0.4, 0.5) is 4.79 Å². The molecule has 1 heterocycles. The van der Waals surface area contributed by atoms with Gasteiger partial charge in [-0.3, -0.25) is 4.79 Å². The van der Waals surface area contributed by atoms with Crippen LogP contribution in [0.25, 0.3) is 0 Å². The first-order chi connectivity index (χ1) is 14.5. The molecule has 0 aliphatic carbocycles. The smallest absolute Gasteiger partial charge is 0.410 e. The molecule has 0 aromatic heterocycles. The second-order valence-electron chi connectivity index (χ2n) is 9.65. The lowest BCUT2D eigenvalue weighted by Crippen LogP contribution is -2.57. The van der Waals surface area contributed by atoms with E-state index in [9.17, 15) is 9.59 Å². The lowest BCUT2D eigenvalue weighted by molar-refractivity contribution is -0.125. The molecule has 2 atom stereocenters. The molecule has 2 N–H and O–H groups in total. The zero-order valence-electron chi connectivity index (χ0n) is 19.9. The predicted molar refractivity (Wildman–Crippen MR) is 122 cm³/mol. The van der Waals surface area contributed by atoms with Crippen LogP contribution in [0.5, 0.6) is 0 Å². The molecule has 1 aliphatic heterocycles. The van der Waals surface area contributed by atoms with Gasteiger partial charge in [0.05, 0.1) is 5.92 Å². The Morgan fingerprint density at radius 2 is 1.77 bits per heavy atom. The Balaban J connectivity index is 1.93. The number of hydrogen-bond acceptors (Lipinski definition) is 5. The highest BCUT2D eigenvalue weighted by Crippen LogP contribution is 2.25. The Kier molecular flexibility index (Phi) is 8.89. The van der Waals surface area contributed by atoms with Gasteiger partial charge in [-0.1, -0.05) is 37.3 Å².